The molecule has 31 heavy (non-hydrogen) atoms. The molecule has 3 aromatic carbocycles. The van der Waals surface area contributed by atoms with Crippen LogP contribution in [-0.4, -0.2) is 37.9 Å². The van der Waals surface area contributed by atoms with E-state index < -0.39 is 24.5 Å². The van der Waals surface area contributed by atoms with Gasteiger partial charge in [0.05, 0.1) is 21.3 Å². The number of hydrogen-bond donors (Lipinski definition) is 0. The molecule has 0 fully saturated rings. The maximum atomic E-state index is 13.3. The van der Waals surface area contributed by atoms with Crippen LogP contribution in [0.4, 0.5) is 0 Å². The Bertz CT molecular complexity index is 931. The summed E-state index contributed by atoms with van der Waals surface area (Å²) in [6.07, 6.45) is 0. The van der Waals surface area contributed by atoms with E-state index in [1.807, 2.05) is 0 Å². The second-order valence-electron chi connectivity index (χ2n) is 6.44. The monoisotopic (exact) mass is 436 g/mol. The summed E-state index contributed by atoms with van der Waals surface area (Å²) in [7, 11) is 2.20. The molecule has 0 N–H and O–H groups in total. The van der Waals surface area contributed by atoms with E-state index in [4.69, 9.17) is 14.2 Å². The minimum atomic E-state index is -2.35. The zero-order chi connectivity index (χ0) is 22.4. The van der Waals surface area contributed by atoms with Gasteiger partial charge >= 0.3 is 0 Å². The average Bonchev–Trinajstić information content (AvgIpc) is 2.84. The van der Waals surface area contributed by atoms with Crippen molar-refractivity contribution < 1.29 is 28.6 Å². The Morgan fingerprint density at radius 2 is 0.710 bits per heavy atom. The Hall–Kier alpha value is -3.50. The molecule has 0 unspecified atom stereocenters. The van der Waals surface area contributed by atoms with E-state index in [-0.39, 0.29) is 16.7 Å². The van der Waals surface area contributed by atoms with E-state index in [9.17, 15) is 14.4 Å². The predicted molar refractivity (Wildman–Crippen MR) is 119 cm³/mol. The summed E-state index contributed by atoms with van der Waals surface area (Å²) in [5, 5.41) is 0. The van der Waals surface area contributed by atoms with Crippen LogP contribution >= 0.6 is 7.92 Å². The fourth-order valence-electron chi connectivity index (χ4n) is 2.86. The Morgan fingerprint density at radius 3 is 0.903 bits per heavy atom. The number of carbonyl (C=O) groups is 3. The Balaban J connectivity index is 2.01. The lowest BCUT2D eigenvalue weighted by Gasteiger charge is -2.15. The summed E-state index contributed by atoms with van der Waals surface area (Å²) < 4.78 is 15.4. The lowest BCUT2D eigenvalue weighted by atomic mass is 10.2. The second kappa shape index (κ2) is 10.0. The summed E-state index contributed by atoms with van der Waals surface area (Å²) in [6, 6.07) is 19.1. The van der Waals surface area contributed by atoms with Crippen molar-refractivity contribution in [3.05, 3.63) is 89.5 Å². The van der Waals surface area contributed by atoms with Gasteiger partial charge in [-0.15, -0.1) is 0 Å². The molecular weight excluding hydrogens is 415 g/mol. The molecule has 6 nitrogen and oxygen atoms in total. The minimum absolute atomic E-state index is 0.274. The normalized spacial score (nSPS) is 10.5. The van der Waals surface area contributed by atoms with Gasteiger partial charge in [-0.3, -0.25) is 14.4 Å². The van der Waals surface area contributed by atoms with Gasteiger partial charge in [-0.2, -0.15) is 0 Å². The third-order valence-corrected chi connectivity index (χ3v) is 6.61. The van der Waals surface area contributed by atoms with Crippen molar-refractivity contribution in [1.29, 1.82) is 0 Å². The molecule has 0 aliphatic rings. The fourth-order valence-corrected chi connectivity index (χ4v) is 4.64. The van der Waals surface area contributed by atoms with Crippen molar-refractivity contribution >= 4 is 24.5 Å². The van der Waals surface area contributed by atoms with Gasteiger partial charge in [0.15, 0.2) is 16.6 Å². The highest BCUT2D eigenvalue weighted by molar-refractivity contribution is 8.03. The van der Waals surface area contributed by atoms with Gasteiger partial charge in [0, 0.05) is 16.7 Å². The standard InChI is InChI=1S/C24H21O6P/c1-28-19-10-4-16(5-11-19)22(25)31(23(26)17-6-12-20(29-2)13-7-17)24(27)18-8-14-21(30-3)15-9-18/h4-15H,1-3H3. The fraction of sp³-hybridized carbons (Fsp3) is 0.125. The Morgan fingerprint density at radius 1 is 0.484 bits per heavy atom. The van der Waals surface area contributed by atoms with Gasteiger partial charge in [0.25, 0.3) is 0 Å². The number of rotatable bonds is 9. The first kappa shape index (κ1) is 22.2. The summed E-state index contributed by atoms with van der Waals surface area (Å²) in [5.74, 6) is 1.72. The van der Waals surface area contributed by atoms with E-state index >= 15 is 0 Å². The molecule has 0 bridgehead atoms. The van der Waals surface area contributed by atoms with Gasteiger partial charge in [-0.1, -0.05) is 0 Å². The van der Waals surface area contributed by atoms with Crippen LogP contribution < -0.4 is 14.2 Å². The molecule has 0 atom stereocenters. The molecule has 0 saturated heterocycles. The van der Waals surface area contributed by atoms with Gasteiger partial charge in [-0.25, -0.2) is 0 Å². The van der Waals surface area contributed by atoms with Crippen molar-refractivity contribution in [2.24, 2.45) is 0 Å². The highest BCUT2D eigenvalue weighted by Gasteiger charge is 2.36. The van der Waals surface area contributed by atoms with Crippen LogP contribution in [0.15, 0.2) is 72.8 Å². The number of methoxy groups -OCH3 is 3. The topological polar surface area (TPSA) is 78.9 Å². The maximum absolute atomic E-state index is 13.3. The Kier molecular flexibility index (Phi) is 7.16. The molecule has 0 radical (unpaired) electrons. The van der Waals surface area contributed by atoms with E-state index in [1.54, 1.807) is 72.8 Å². The summed E-state index contributed by atoms with van der Waals surface area (Å²) in [4.78, 5) is 40.0. The molecule has 7 heteroatoms. The van der Waals surface area contributed by atoms with Crippen molar-refractivity contribution in [3.8, 4) is 17.2 Å². The molecule has 0 saturated carbocycles. The van der Waals surface area contributed by atoms with Crippen LogP contribution in [0.3, 0.4) is 0 Å². The second-order valence-corrected chi connectivity index (χ2v) is 8.33. The number of carbonyl (C=O) groups excluding carboxylic acids is 3. The highest BCUT2D eigenvalue weighted by atomic mass is 31.1. The lowest BCUT2D eigenvalue weighted by molar-refractivity contribution is 0.102. The van der Waals surface area contributed by atoms with Crippen molar-refractivity contribution in [3.63, 3.8) is 0 Å². The van der Waals surface area contributed by atoms with Gasteiger partial charge in [-0.05, 0) is 72.8 Å². The van der Waals surface area contributed by atoms with Crippen LogP contribution in [0.25, 0.3) is 0 Å². The largest absolute Gasteiger partial charge is 0.497 e. The summed E-state index contributed by atoms with van der Waals surface area (Å²) >= 11 is 0. The van der Waals surface area contributed by atoms with E-state index in [2.05, 4.69) is 0 Å². The smallest absolute Gasteiger partial charge is 0.200 e. The van der Waals surface area contributed by atoms with E-state index in [1.165, 1.54) is 21.3 Å². The van der Waals surface area contributed by atoms with Crippen molar-refractivity contribution in [2.45, 2.75) is 0 Å². The summed E-state index contributed by atoms with van der Waals surface area (Å²) in [5.41, 5.74) is -0.722. The molecule has 0 aromatic heterocycles. The summed E-state index contributed by atoms with van der Waals surface area (Å²) in [6.45, 7) is 0. The van der Waals surface area contributed by atoms with Gasteiger partial charge in [0.2, 0.25) is 0 Å². The third kappa shape index (κ3) is 4.98. The zero-order valence-corrected chi connectivity index (χ0v) is 18.2. The number of ether oxygens (including phenoxy) is 3. The van der Waals surface area contributed by atoms with Crippen LogP contribution in [0.2, 0.25) is 0 Å². The average molecular weight is 436 g/mol. The first-order valence-electron chi connectivity index (χ1n) is 9.33. The molecule has 3 rings (SSSR count). The quantitative estimate of drug-likeness (QED) is 0.439. The van der Waals surface area contributed by atoms with Crippen LogP contribution in [-0.2, 0) is 0 Å². The molecule has 0 heterocycles. The number of hydrogen-bond acceptors (Lipinski definition) is 6. The predicted octanol–water partition coefficient (Wildman–Crippen LogP) is 5.02. The maximum Gasteiger partial charge on any atom is 0.200 e. The van der Waals surface area contributed by atoms with Crippen LogP contribution in [0.1, 0.15) is 31.1 Å². The highest BCUT2D eigenvalue weighted by Crippen LogP contribution is 2.46. The van der Waals surface area contributed by atoms with Crippen LogP contribution in [0.5, 0.6) is 17.2 Å². The van der Waals surface area contributed by atoms with E-state index in [0.717, 1.165) is 0 Å². The van der Waals surface area contributed by atoms with Crippen molar-refractivity contribution in [2.75, 3.05) is 21.3 Å². The number of benzene rings is 3. The SMILES string of the molecule is COc1ccc(C(=O)P(C(=O)c2ccc(OC)cc2)C(=O)c2ccc(OC)cc2)cc1. The van der Waals surface area contributed by atoms with Crippen LogP contribution in [0, 0.1) is 0 Å². The van der Waals surface area contributed by atoms with Gasteiger partial charge < -0.3 is 14.2 Å². The molecular formula is C24H21O6P. The Labute approximate surface area is 181 Å². The first-order chi connectivity index (χ1) is 15.0. The minimum Gasteiger partial charge on any atom is -0.497 e. The van der Waals surface area contributed by atoms with E-state index in [0.29, 0.717) is 17.2 Å². The van der Waals surface area contributed by atoms with Crippen molar-refractivity contribution in [1.82, 2.24) is 0 Å². The lowest BCUT2D eigenvalue weighted by Crippen LogP contribution is -2.14. The first-order valence-corrected chi connectivity index (χ1v) is 10.7. The molecule has 0 aliphatic carbocycles. The zero-order valence-electron chi connectivity index (χ0n) is 17.3. The molecule has 0 amide bonds. The third-order valence-electron chi connectivity index (χ3n) is 4.62. The molecule has 158 valence electrons. The molecule has 3 aromatic rings. The molecule has 0 aliphatic heterocycles. The molecule has 0 spiro atoms. The van der Waals surface area contributed by atoms with Gasteiger partial charge in [0.1, 0.15) is 25.2 Å².